The second kappa shape index (κ2) is 5.40. The molecule has 0 saturated carbocycles. The second-order valence-electron chi connectivity index (χ2n) is 4.62. The monoisotopic (exact) mass is 238 g/mol. The number of piperidine rings is 1. The van der Waals surface area contributed by atoms with Gasteiger partial charge in [0.05, 0.1) is 5.69 Å². The number of rotatable bonds is 3. The zero-order valence-electron chi connectivity index (χ0n) is 10.4. The van der Waals surface area contributed by atoms with Gasteiger partial charge in [0.25, 0.3) is 0 Å². The van der Waals surface area contributed by atoms with Crippen LogP contribution in [0.3, 0.4) is 0 Å². The van der Waals surface area contributed by atoms with Crippen LogP contribution >= 0.6 is 0 Å². The summed E-state index contributed by atoms with van der Waals surface area (Å²) in [5.74, 6) is 0.0793. The van der Waals surface area contributed by atoms with Crippen LogP contribution in [0.15, 0.2) is 6.33 Å². The van der Waals surface area contributed by atoms with E-state index in [-0.39, 0.29) is 5.82 Å². The Morgan fingerprint density at radius 3 is 3.00 bits per heavy atom. The van der Waals surface area contributed by atoms with Crippen molar-refractivity contribution in [3.05, 3.63) is 17.8 Å². The maximum atomic E-state index is 13.8. The van der Waals surface area contributed by atoms with Gasteiger partial charge in [0.15, 0.2) is 11.6 Å². The first-order chi connectivity index (χ1) is 8.18. The highest BCUT2D eigenvalue weighted by Gasteiger charge is 2.18. The lowest BCUT2D eigenvalue weighted by Gasteiger charge is -2.28. The van der Waals surface area contributed by atoms with E-state index in [9.17, 15) is 4.39 Å². The summed E-state index contributed by atoms with van der Waals surface area (Å²) < 4.78 is 13.8. The third kappa shape index (κ3) is 2.91. The van der Waals surface area contributed by atoms with Crippen LogP contribution in [0, 0.1) is 12.7 Å². The van der Waals surface area contributed by atoms with Gasteiger partial charge in [-0.15, -0.1) is 0 Å². The van der Waals surface area contributed by atoms with Gasteiger partial charge in [-0.3, -0.25) is 0 Å². The molecule has 1 fully saturated rings. The summed E-state index contributed by atoms with van der Waals surface area (Å²) in [5.41, 5.74) is 0.401. The zero-order chi connectivity index (χ0) is 12.3. The van der Waals surface area contributed by atoms with Crippen molar-refractivity contribution in [2.75, 3.05) is 25.0 Å². The predicted octanol–water partition coefficient (Wildman–Crippen LogP) is 1.50. The molecule has 17 heavy (non-hydrogen) atoms. The van der Waals surface area contributed by atoms with Crippen molar-refractivity contribution in [2.45, 2.75) is 32.2 Å². The van der Waals surface area contributed by atoms with Gasteiger partial charge in [0.2, 0.25) is 0 Å². The molecule has 1 aliphatic rings. The van der Waals surface area contributed by atoms with Crippen molar-refractivity contribution < 1.29 is 4.39 Å². The van der Waals surface area contributed by atoms with Gasteiger partial charge in [-0.2, -0.15) is 0 Å². The van der Waals surface area contributed by atoms with E-state index >= 15 is 0 Å². The Hall–Kier alpha value is -1.23. The molecule has 0 spiro atoms. The molecule has 5 heteroatoms. The quantitative estimate of drug-likeness (QED) is 0.866. The number of anilines is 1. The molecule has 1 atom stereocenters. The molecule has 1 aromatic rings. The first-order valence-corrected chi connectivity index (χ1v) is 6.10. The number of likely N-dealkylation sites (N-methyl/N-ethyl adjacent to an activating group) is 1. The maximum Gasteiger partial charge on any atom is 0.186 e. The summed E-state index contributed by atoms with van der Waals surface area (Å²) in [6.45, 7) is 3.50. The summed E-state index contributed by atoms with van der Waals surface area (Å²) in [4.78, 5) is 9.72. The summed E-state index contributed by atoms with van der Waals surface area (Å²) in [7, 11) is 1.88. The highest BCUT2D eigenvalue weighted by atomic mass is 19.1. The Kier molecular flexibility index (Phi) is 3.89. The number of aromatic nitrogens is 2. The first kappa shape index (κ1) is 12.2. The van der Waals surface area contributed by atoms with Crippen molar-refractivity contribution in [1.29, 1.82) is 0 Å². The standard InChI is InChI=1S/C12H19FN4/c1-9-11(13)12(16-8-15-9)17(2)7-10-5-3-4-6-14-10/h8,10,14H,3-7H2,1-2H3. The van der Waals surface area contributed by atoms with Gasteiger partial charge in [-0.1, -0.05) is 6.42 Å². The van der Waals surface area contributed by atoms with Crippen molar-refractivity contribution in [1.82, 2.24) is 15.3 Å². The van der Waals surface area contributed by atoms with E-state index < -0.39 is 0 Å². The lowest BCUT2D eigenvalue weighted by Crippen LogP contribution is -2.43. The molecule has 1 aliphatic heterocycles. The molecule has 1 unspecified atom stereocenters. The van der Waals surface area contributed by atoms with Crippen molar-refractivity contribution in [2.24, 2.45) is 0 Å². The minimum absolute atomic E-state index is 0.314. The molecule has 2 heterocycles. The van der Waals surface area contributed by atoms with Gasteiger partial charge in [-0.05, 0) is 26.3 Å². The predicted molar refractivity (Wildman–Crippen MR) is 65.6 cm³/mol. The van der Waals surface area contributed by atoms with Crippen molar-refractivity contribution in [3.8, 4) is 0 Å². The van der Waals surface area contributed by atoms with Gasteiger partial charge >= 0.3 is 0 Å². The lowest BCUT2D eigenvalue weighted by atomic mass is 10.0. The number of nitrogens with one attached hydrogen (secondary N) is 1. The fraction of sp³-hybridized carbons (Fsp3) is 0.667. The summed E-state index contributed by atoms with van der Waals surface area (Å²) in [6, 6.07) is 0.434. The van der Waals surface area contributed by atoms with Crippen molar-refractivity contribution in [3.63, 3.8) is 0 Å². The van der Waals surface area contributed by atoms with Crippen molar-refractivity contribution >= 4 is 5.82 Å². The molecule has 0 aromatic carbocycles. The summed E-state index contributed by atoms with van der Waals surface area (Å²) in [6.07, 6.45) is 5.05. The molecule has 2 rings (SSSR count). The van der Waals surface area contributed by atoms with E-state index in [1.54, 1.807) is 6.92 Å². The fourth-order valence-electron chi connectivity index (χ4n) is 2.21. The Bertz CT molecular complexity index is 377. The van der Waals surface area contributed by atoms with Gasteiger partial charge in [0.1, 0.15) is 6.33 Å². The van der Waals surface area contributed by atoms with Crippen LogP contribution in [0.4, 0.5) is 10.2 Å². The fourth-order valence-corrected chi connectivity index (χ4v) is 2.21. The average Bonchev–Trinajstić information content (AvgIpc) is 2.34. The number of nitrogens with zero attached hydrogens (tertiary/aromatic N) is 3. The molecule has 1 N–H and O–H groups in total. The molecular weight excluding hydrogens is 219 g/mol. The van der Waals surface area contributed by atoms with Crippen LogP contribution in [-0.2, 0) is 0 Å². The maximum absolute atomic E-state index is 13.8. The summed E-state index contributed by atoms with van der Waals surface area (Å²) in [5, 5.41) is 3.45. The number of hydrogen-bond donors (Lipinski definition) is 1. The van der Waals surface area contributed by atoms with Crippen LogP contribution in [0.25, 0.3) is 0 Å². The minimum Gasteiger partial charge on any atom is -0.356 e. The van der Waals surface area contributed by atoms with Crippen LogP contribution in [0.5, 0.6) is 0 Å². The molecule has 0 bridgehead atoms. The Morgan fingerprint density at radius 2 is 2.29 bits per heavy atom. The molecule has 1 saturated heterocycles. The van der Waals surface area contributed by atoms with Crippen LogP contribution < -0.4 is 10.2 Å². The van der Waals surface area contributed by atoms with E-state index in [1.165, 1.54) is 19.2 Å². The smallest absolute Gasteiger partial charge is 0.186 e. The zero-order valence-corrected chi connectivity index (χ0v) is 10.4. The highest BCUT2D eigenvalue weighted by Crippen LogP contribution is 2.17. The molecule has 4 nitrogen and oxygen atoms in total. The molecule has 0 aliphatic carbocycles. The number of aryl methyl sites for hydroxylation is 1. The number of halogens is 1. The highest BCUT2D eigenvalue weighted by molar-refractivity contribution is 5.39. The molecule has 0 radical (unpaired) electrons. The average molecular weight is 238 g/mol. The Labute approximate surface area is 101 Å². The third-order valence-electron chi connectivity index (χ3n) is 3.21. The van der Waals surface area contributed by atoms with E-state index in [4.69, 9.17) is 0 Å². The lowest BCUT2D eigenvalue weighted by molar-refractivity contribution is 0.401. The first-order valence-electron chi connectivity index (χ1n) is 6.10. The Balaban J connectivity index is 2.03. The molecule has 0 amide bonds. The van der Waals surface area contributed by atoms with Gasteiger partial charge in [-0.25, -0.2) is 14.4 Å². The molecule has 94 valence electrons. The van der Waals surface area contributed by atoms with E-state index in [0.29, 0.717) is 17.6 Å². The van der Waals surface area contributed by atoms with Gasteiger partial charge in [0, 0.05) is 19.6 Å². The minimum atomic E-state index is -0.314. The van der Waals surface area contributed by atoms with Gasteiger partial charge < -0.3 is 10.2 Å². The normalized spacial score (nSPS) is 20.3. The third-order valence-corrected chi connectivity index (χ3v) is 3.21. The van der Waals surface area contributed by atoms with Crippen LogP contribution in [0.1, 0.15) is 25.0 Å². The molecular formula is C12H19FN4. The van der Waals surface area contributed by atoms with E-state index in [2.05, 4.69) is 15.3 Å². The SMILES string of the molecule is Cc1ncnc(N(C)CC2CCCCN2)c1F. The number of hydrogen-bond acceptors (Lipinski definition) is 4. The van der Waals surface area contributed by atoms with Crippen LogP contribution in [-0.4, -0.2) is 36.1 Å². The largest absolute Gasteiger partial charge is 0.356 e. The van der Waals surface area contributed by atoms with E-state index in [0.717, 1.165) is 19.5 Å². The topological polar surface area (TPSA) is 41.1 Å². The Morgan fingerprint density at radius 1 is 1.47 bits per heavy atom. The second-order valence-corrected chi connectivity index (χ2v) is 4.62. The molecule has 1 aromatic heterocycles. The summed E-state index contributed by atoms with van der Waals surface area (Å²) >= 11 is 0. The van der Waals surface area contributed by atoms with Crippen LogP contribution in [0.2, 0.25) is 0 Å². The van der Waals surface area contributed by atoms with E-state index in [1.807, 2.05) is 11.9 Å².